The lowest BCUT2D eigenvalue weighted by atomic mass is 10.0. The molecule has 1 unspecified atom stereocenters. The standard InChI is InChI=1S/C16H19FN2O3S/c17-14-7-5-13(6-8-14)16(20)12-15-4-3-10-19(15)23(21,22)11-2-1-9-18/h5-8,15H,1-4,10-12H2. The van der Waals surface area contributed by atoms with E-state index in [2.05, 4.69) is 0 Å². The number of hydrogen-bond donors (Lipinski definition) is 0. The molecular formula is C16H19FN2O3S. The van der Waals surface area contributed by atoms with E-state index < -0.39 is 15.8 Å². The third kappa shape index (κ3) is 4.60. The van der Waals surface area contributed by atoms with Crippen LogP contribution in [0.1, 0.15) is 42.5 Å². The van der Waals surface area contributed by atoms with Gasteiger partial charge in [0.25, 0.3) is 0 Å². The van der Waals surface area contributed by atoms with Gasteiger partial charge >= 0.3 is 0 Å². The Balaban J connectivity index is 2.02. The molecule has 1 fully saturated rings. The molecule has 0 N–H and O–H groups in total. The van der Waals surface area contributed by atoms with Gasteiger partial charge in [0.15, 0.2) is 5.78 Å². The Hall–Kier alpha value is -1.78. The molecule has 1 aliphatic heterocycles. The normalized spacial score (nSPS) is 18.7. The highest BCUT2D eigenvalue weighted by Crippen LogP contribution is 2.25. The van der Waals surface area contributed by atoms with E-state index in [1.165, 1.54) is 28.6 Å². The van der Waals surface area contributed by atoms with Crippen LogP contribution in [0, 0.1) is 17.1 Å². The number of halogens is 1. The third-order valence-electron chi connectivity index (χ3n) is 3.96. The molecule has 0 saturated carbocycles. The minimum Gasteiger partial charge on any atom is -0.294 e. The average Bonchev–Trinajstić information content (AvgIpc) is 2.97. The van der Waals surface area contributed by atoms with Crippen LogP contribution in [0.2, 0.25) is 0 Å². The van der Waals surface area contributed by atoms with E-state index in [1.54, 1.807) is 0 Å². The number of unbranched alkanes of at least 4 members (excludes halogenated alkanes) is 1. The highest BCUT2D eigenvalue weighted by Gasteiger charge is 2.34. The first kappa shape index (κ1) is 17.6. The molecule has 0 amide bonds. The Kier molecular flexibility index (Phi) is 5.85. The van der Waals surface area contributed by atoms with E-state index in [1.807, 2.05) is 6.07 Å². The van der Waals surface area contributed by atoms with E-state index in [0.29, 0.717) is 24.9 Å². The predicted molar refractivity (Wildman–Crippen MR) is 83.7 cm³/mol. The maximum absolute atomic E-state index is 12.9. The molecule has 2 rings (SSSR count). The smallest absolute Gasteiger partial charge is 0.214 e. The molecule has 0 aromatic heterocycles. The van der Waals surface area contributed by atoms with Gasteiger partial charge in [-0.25, -0.2) is 12.8 Å². The fourth-order valence-electron chi connectivity index (χ4n) is 2.80. The van der Waals surface area contributed by atoms with Gasteiger partial charge in [-0.2, -0.15) is 9.57 Å². The van der Waals surface area contributed by atoms with Gasteiger partial charge < -0.3 is 0 Å². The van der Waals surface area contributed by atoms with Gasteiger partial charge in [0.05, 0.1) is 11.8 Å². The van der Waals surface area contributed by atoms with Gasteiger partial charge in [0.2, 0.25) is 10.0 Å². The van der Waals surface area contributed by atoms with E-state index in [-0.39, 0.29) is 30.4 Å². The van der Waals surface area contributed by atoms with Crippen LogP contribution >= 0.6 is 0 Å². The summed E-state index contributed by atoms with van der Waals surface area (Å²) in [6.45, 7) is 0.413. The highest BCUT2D eigenvalue weighted by molar-refractivity contribution is 7.89. The van der Waals surface area contributed by atoms with Crippen molar-refractivity contribution in [3.05, 3.63) is 35.6 Å². The van der Waals surface area contributed by atoms with Crippen LogP contribution in [-0.2, 0) is 10.0 Å². The number of nitriles is 1. The average molecular weight is 338 g/mol. The van der Waals surface area contributed by atoms with Crippen molar-refractivity contribution in [1.82, 2.24) is 4.31 Å². The monoisotopic (exact) mass is 338 g/mol. The number of ketones is 1. The summed E-state index contributed by atoms with van der Waals surface area (Å²) in [5, 5.41) is 8.52. The van der Waals surface area contributed by atoms with Gasteiger partial charge in [0.1, 0.15) is 5.82 Å². The molecule has 0 bridgehead atoms. The molecule has 1 aromatic carbocycles. The Morgan fingerprint density at radius 1 is 1.35 bits per heavy atom. The zero-order valence-electron chi connectivity index (χ0n) is 12.7. The van der Waals surface area contributed by atoms with Gasteiger partial charge in [-0.15, -0.1) is 0 Å². The minimum atomic E-state index is -3.45. The van der Waals surface area contributed by atoms with Crippen LogP contribution in [-0.4, -0.2) is 36.8 Å². The van der Waals surface area contributed by atoms with Crippen LogP contribution < -0.4 is 0 Å². The van der Waals surface area contributed by atoms with Crippen LogP contribution in [0.15, 0.2) is 24.3 Å². The van der Waals surface area contributed by atoms with Crippen molar-refractivity contribution < 1.29 is 17.6 Å². The molecule has 7 heteroatoms. The molecule has 1 heterocycles. The van der Waals surface area contributed by atoms with Gasteiger partial charge in [-0.1, -0.05) is 0 Å². The second-order valence-corrected chi connectivity index (χ2v) is 7.66. The molecule has 0 radical (unpaired) electrons. The number of carbonyl (C=O) groups excluding carboxylic acids is 1. The number of hydrogen-bond acceptors (Lipinski definition) is 4. The largest absolute Gasteiger partial charge is 0.294 e. The van der Waals surface area contributed by atoms with Gasteiger partial charge in [0, 0.05) is 31.0 Å². The number of nitrogens with zero attached hydrogens (tertiary/aromatic N) is 2. The molecule has 124 valence electrons. The maximum atomic E-state index is 12.9. The van der Waals surface area contributed by atoms with Crippen LogP contribution in [0.5, 0.6) is 0 Å². The summed E-state index contributed by atoms with van der Waals surface area (Å²) in [5.41, 5.74) is 0.389. The quantitative estimate of drug-likeness (QED) is 0.565. The Labute approximate surface area is 135 Å². The highest BCUT2D eigenvalue weighted by atomic mass is 32.2. The van der Waals surface area contributed by atoms with Crippen molar-refractivity contribution >= 4 is 15.8 Å². The predicted octanol–water partition coefficient (Wildman–Crippen LogP) is 2.50. The van der Waals surface area contributed by atoms with Crippen molar-refractivity contribution in [1.29, 1.82) is 5.26 Å². The number of benzene rings is 1. The van der Waals surface area contributed by atoms with Crippen LogP contribution in [0.25, 0.3) is 0 Å². The molecule has 1 atom stereocenters. The Bertz CT molecular complexity index is 695. The van der Waals surface area contributed by atoms with Crippen molar-refractivity contribution in [2.24, 2.45) is 0 Å². The fourth-order valence-corrected chi connectivity index (χ4v) is 4.58. The second kappa shape index (κ2) is 7.66. The van der Waals surface area contributed by atoms with Crippen molar-refractivity contribution in [3.8, 4) is 6.07 Å². The number of carbonyl (C=O) groups is 1. The summed E-state index contributed by atoms with van der Waals surface area (Å²) in [6.07, 6.45) is 1.96. The van der Waals surface area contributed by atoms with Crippen LogP contribution in [0.4, 0.5) is 4.39 Å². The minimum absolute atomic E-state index is 0.0677. The summed E-state index contributed by atoms with van der Waals surface area (Å²) in [6, 6.07) is 6.86. The number of Topliss-reactive ketones (excluding diaryl/α,β-unsaturated/α-hetero) is 1. The zero-order chi connectivity index (χ0) is 16.9. The lowest BCUT2D eigenvalue weighted by Gasteiger charge is -2.23. The number of sulfonamides is 1. The Morgan fingerprint density at radius 3 is 2.70 bits per heavy atom. The molecule has 1 saturated heterocycles. The van der Waals surface area contributed by atoms with Gasteiger partial charge in [-0.05, 0) is 43.5 Å². The van der Waals surface area contributed by atoms with E-state index in [4.69, 9.17) is 5.26 Å². The van der Waals surface area contributed by atoms with E-state index in [9.17, 15) is 17.6 Å². The summed E-state index contributed by atoms with van der Waals surface area (Å²) in [7, 11) is -3.45. The maximum Gasteiger partial charge on any atom is 0.214 e. The molecular weight excluding hydrogens is 319 g/mol. The fraction of sp³-hybridized carbons (Fsp3) is 0.500. The summed E-state index contributed by atoms with van der Waals surface area (Å²) in [4.78, 5) is 12.3. The molecule has 1 aromatic rings. The molecule has 23 heavy (non-hydrogen) atoms. The van der Waals surface area contributed by atoms with E-state index >= 15 is 0 Å². The first-order valence-electron chi connectivity index (χ1n) is 7.59. The first-order chi connectivity index (χ1) is 10.9. The molecule has 0 aliphatic carbocycles. The third-order valence-corrected chi connectivity index (χ3v) is 5.96. The zero-order valence-corrected chi connectivity index (χ0v) is 13.6. The lowest BCUT2D eigenvalue weighted by molar-refractivity contribution is 0.0961. The van der Waals surface area contributed by atoms with Crippen molar-refractivity contribution in [2.75, 3.05) is 12.3 Å². The lowest BCUT2D eigenvalue weighted by Crippen LogP contribution is -2.38. The Morgan fingerprint density at radius 2 is 2.04 bits per heavy atom. The van der Waals surface area contributed by atoms with Crippen molar-refractivity contribution in [2.45, 2.75) is 38.1 Å². The SMILES string of the molecule is N#CCCCS(=O)(=O)N1CCCC1CC(=O)c1ccc(F)cc1. The topological polar surface area (TPSA) is 78.2 Å². The van der Waals surface area contributed by atoms with Crippen molar-refractivity contribution in [3.63, 3.8) is 0 Å². The number of rotatable bonds is 7. The van der Waals surface area contributed by atoms with E-state index in [0.717, 1.165) is 6.42 Å². The summed E-state index contributed by atoms with van der Waals surface area (Å²) in [5.74, 6) is -0.667. The second-order valence-electron chi connectivity index (χ2n) is 5.62. The molecule has 1 aliphatic rings. The molecule has 5 nitrogen and oxygen atoms in total. The van der Waals surface area contributed by atoms with Gasteiger partial charge in [-0.3, -0.25) is 4.79 Å². The molecule has 0 spiro atoms. The summed E-state index contributed by atoms with van der Waals surface area (Å²) < 4.78 is 39.0. The van der Waals surface area contributed by atoms with Crippen LogP contribution in [0.3, 0.4) is 0 Å². The first-order valence-corrected chi connectivity index (χ1v) is 9.20. The summed E-state index contributed by atoms with van der Waals surface area (Å²) >= 11 is 0.